The molecule has 0 fully saturated rings. The Morgan fingerprint density at radius 2 is 1.88 bits per heavy atom. The van der Waals surface area contributed by atoms with Crippen LogP contribution in [0.4, 0.5) is 0 Å². The molecule has 0 unspecified atom stereocenters. The largest absolute Gasteiger partial charge is 0.494 e. The monoisotopic (exact) mass is 237 g/mol. The molecule has 2 N–H and O–H groups in total. The predicted octanol–water partition coefficient (Wildman–Crippen LogP) is 2.16. The van der Waals surface area contributed by atoms with E-state index in [0.717, 1.165) is 18.7 Å². The zero-order valence-electron chi connectivity index (χ0n) is 10.8. The second kappa shape index (κ2) is 8.09. The van der Waals surface area contributed by atoms with Gasteiger partial charge in [-0.15, -0.1) is 0 Å². The molecule has 3 nitrogen and oxygen atoms in total. The molecule has 0 aromatic heterocycles. The highest BCUT2D eigenvalue weighted by molar-refractivity contribution is 5.28. The van der Waals surface area contributed by atoms with Crippen molar-refractivity contribution < 1.29 is 9.84 Å². The quantitative estimate of drug-likeness (QED) is 0.681. The molecule has 0 radical (unpaired) electrons. The summed E-state index contributed by atoms with van der Waals surface area (Å²) in [7, 11) is 0. The van der Waals surface area contributed by atoms with Crippen LogP contribution in [0.3, 0.4) is 0 Å². The van der Waals surface area contributed by atoms with Crippen molar-refractivity contribution in [1.29, 1.82) is 0 Å². The number of ether oxygens (including phenoxy) is 1. The summed E-state index contributed by atoms with van der Waals surface area (Å²) in [5.74, 6) is 1.49. The summed E-state index contributed by atoms with van der Waals surface area (Å²) in [5.41, 5.74) is 1.34. The summed E-state index contributed by atoms with van der Waals surface area (Å²) in [4.78, 5) is 0. The topological polar surface area (TPSA) is 41.5 Å². The highest BCUT2D eigenvalue weighted by atomic mass is 16.5. The predicted molar refractivity (Wildman–Crippen MR) is 70.6 cm³/mol. The lowest BCUT2D eigenvalue weighted by Gasteiger charge is -2.09. The zero-order valence-corrected chi connectivity index (χ0v) is 10.8. The lowest BCUT2D eigenvalue weighted by atomic mass is 10.0. The summed E-state index contributed by atoms with van der Waals surface area (Å²) in [6, 6.07) is 8.28. The molecule has 96 valence electrons. The number of rotatable bonds is 8. The Morgan fingerprint density at radius 1 is 1.18 bits per heavy atom. The summed E-state index contributed by atoms with van der Waals surface area (Å²) >= 11 is 0. The van der Waals surface area contributed by atoms with E-state index in [1.165, 1.54) is 5.56 Å². The average molecular weight is 237 g/mol. The van der Waals surface area contributed by atoms with Gasteiger partial charge in [0.15, 0.2) is 0 Å². The fourth-order valence-electron chi connectivity index (χ4n) is 1.54. The summed E-state index contributed by atoms with van der Waals surface area (Å²) in [5, 5.41) is 11.7. The minimum atomic E-state index is 0.192. The molecule has 0 spiro atoms. The van der Waals surface area contributed by atoms with Crippen LogP contribution in [0, 0.1) is 0 Å². The van der Waals surface area contributed by atoms with Crippen LogP contribution in [0.15, 0.2) is 24.3 Å². The van der Waals surface area contributed by atoms with Crippen LogP contribution >= 0.6 is 0 Å². The summed E-state index contributed by atoms with van der Waals surface area (Å²) < 4.78 is 5.62. The van der Waals surface area contributed by atoms with Gasteiger partial charge >= 0.3 is 0 Å². The van der Waals surface area contributed by atoms with Crippen molar-refractivity contribution in [2.45, 2.75) is 26.2 Å². The van der Waals surface area contributed by atoms with Crippen LogP contribution in [0.1, 0.15) is 31.7 Å². The van der Waals surface area contributed by atoms with Crippen LogP contribution in [0.25, 0.3) is 0 Å². The van der Waals surface area contributed by atoms with Crippen LogP contribution in [0.5, 0.6) is 5.75 Å². The molecule has 0 aliphatic heterocycles. The van der Waals surface area contributed by atoms with Gasteiger partial charge in [0, 0.05) is 6.54 Å². The first-order valence-electron chi connectivity index (χ1n) is 6.28. The van der Waals surface area contributed by atoms with Crippen molar-refractivity contribution in [3.8, 4) is 5.75 Å². The Balaban J connectivity index is 2.19. The van der Waals surface area contributed by atoms with Gasteiger partial charge in [-0.3, -0.25) is 0 Å². The lowest BCUT2D eigenvalue weighted by Crippen LogP contribution is -2.20. The lowest BCUT2D eigenvalue weighted by molar-refractivity contribution is 0.282. The van der Waals surface area contributed by atoms with Crippen molar-refractivity contribution in [2.24, 2.45) is 0 Å². The van der Waals surface area contributed by atoms with Gasteiger partial charge in [-0.1, -0.05) is 26.0 Å². The molecular formula is C14H23NO2. The number of aliphatic hydroxyl groups excluding tert-OH is 1. The van der Waals surface area contributed by atoms with Crippen LogP contribution < -0.4 is 10.1 Å². The fraction of sp³-hybridized carbons (Fsp3) is 0.571. The normalized spacial score (nSPS) is 10.8. The standard InChI is InChI=1S/C14H23NO2/c1-12(2)13-4-6-14(7-5-13)17-11-3-8-15-9-10-16/h4-7,12,15-16H,3,8-11H2,1-2H3. The molecule has 3 heteroatoms. The third-order valence-electron chi connectivity index (χ3n) is 2.60. The first-order chi connectivity index (χ1) is 8.24. The Hall–Kier alpha value is -1.06. The van der Waals surface area contributed by atoms with Gasteiger partial charge in [-0.2, -0.15) is 0 Å². The third kappa shape index (κ3) is 5.71. The molecular weight excluding hydrogens is 214 g/mol. The molecule has 0 bridgehead atoms. The molecule has 0 atom stereocenters. The average Bonchev–Trinajstić information content (AvgIpc) is 2.34. The maximum absolute atomic E-state index is 8.58. The van der Waals surface area contributed by atoms with Crippen molar-refractivity contribution in [2.75, 3.05) is 26.3 Å². The Bertz CT molecular complexity index is 296. The van der Waals surface area contributed by atoms with E-state index in [1.54, 1.807) is 0 Å². The van der Waals surface area contributed by atoms with E-state index in [4.69, 9.17) is 9.84 Å². The van der Waals surface area contributed by atoms with E-state index in [-0.39, 0.29) is 6.61 Å². The number of hydrogen-bond donors (Lipinski definition) is 2. The maximum Gasteiger partial charge on any atom is 0.119 e. The van der Waals surface area contributed by atoms with Gasteiger partial charge in [-0.05, 0) is 36.6 Å². The zero-order chi connectivity index (χ0) is 12.5. The molecule has 0 amide bonds. The molecule has 1 rings (SSSR count). The van der Waals surface area contributed by atoms with E-state index < -0.39 is 0 Å². The number of benzene rings is 1. The fourth-order valence-corrected chi connectivity index (χ4v) is 1.54. The Labute approximate surface area is 104 Å². The Kier molecular flexibility index (Phi) is 6.67. The van der Waals surface area contributed by atoms with Crippen LogP contribution in [-0.4, -0.2) is 31.4 Å². The highest BCUT2D eigenvalue weighted by Crippen LogP contribution is 2.18. The molecule has 0 saturated carbocycles. The summed E-state index contributed by atoms with van der Waals surface area (Å²) in [6.07, 6.45) is 0.950. The number of nitrogens with one attached hydrogen (secondary N) is 1. The molecule has 0 saturated heterocycles. The van der Waals surface area contributed by atoms with E-state index >= 15 is 0 Å². The first-order valence-corrected chi connectivity index (χ1v) is 6.28. The van der Waals surface area contributed by atoms with Crippen molar-refractivity contribution in [3.05, 3.63) is 29.8 Å². The third-order valence-corrected chi connectivity index (χ3v) is 2.60. The smallest absolute Gasteiger partial charge is 0.119 e. The molecule has 0 heterocycles. The second-order valence-electron chi connectivity index (χ2n) is 4.40. The van der Waals surface area contributed by atoms with E-state index in [9.17, 15) is 0 Å². The number of aliphatic hydroxyl groups is 1. The van der Waals surface area contributed by atoms with Gasteiger partial charge in [-0.25, -0.2) is 0 Å². The summed E-state index contributed by atoms with van der Waals surface area (Å²) in [6.45, 7) is 6.80. The molecule has 1 aromatic carbocycles. The minimum absolute atomic E-state index is 0.192. The van der Waals surface area contributed by atoms with Gasteiger partial charge in [0.1, 0.15) is 5.75 Å². The van der Waals surface area contributed by atoms with E-state index in [2.05, 4.69) is 31.3 Å². The molecule has 0 aliphatic rings. The maximum atomic E-state index is 8.58. The number of hydrogen-bond acceptors (Lipinski definition) is 3. The highest BCUT2D eigenvalue weighted by Gasteiger charge is 1.99. The SMILES string of the molecule is CC(C)c1ccc(OCCCNCCO)cc1. The van der Waals surface area contributed by atoms with Crippen molar-refractivity contribution in [3.63, 3.8) is 0 Å². The van der Waals surface area contributed by atoms with Gasteiger partial charge in [0.05, 0.1) is 13.2 Å². The van der Waals surface area contributed by atoms with Crippen LogP contribution in [-0.2, 0) is 0 Å². The van der Waals surface area contributed by atoms with Gasteiger partial charge in [0.25, 0.3) is 0 Å². The second-order valence-corrected chi connectivity index (χ2v) is 4.40. The minimum Gasteiger partial charge on any atom is -0.494 e. The Morgan fingerprint density at radius 3 is 2.47 bits per heavy atom. The van der Waals surface area contributed by atoms with E-state index in [1.807, 2.05) is 12.1 Å². The molecule has 17 heavy (non-hydrogen) atoms. The van der Waals surface area contributed by atoms with E-state index in [0.29, 0.717) is 19.1 Å². The van der Waals surface area contributed by atoms with Crippen molar-refractivity contribution >= 4 is 0 Å². The van der Waals surface area contributed by atoms with Crippen molar-refractivity contribution in [1.82, 2.24) is 5.32 Å². The van der Waals surface area contributed by atoms with Gasteiger partial charge in [0.2, 0.25) is 0 Å². The van der Waals surface area contributed by atoms with Gasteiger partial charge < -0.3 is 15.2 Å². The molecule has 1 aromatic rings. The van der Waals surface area contributed by atoms with Crippen LogP contribution in [0.2, 0.25) is 0 Å². The molecule has 0 aliphatic carbocycles. The first kappa shape index (κ1) is 14.0.